The molecule has 2 heteroatoms. The molecule has 0 N–H and O–H groups in total. The van der Waals surface area contributed by atoms with Crippen molar-refractivity contribution < 1.29 is 8.83 Å². The van der Waals surface area contributed by atoms with Crippen molar-refractivity contribution in [3.8, 4) is 77.9 Å². The molecule has 0 spiro atoms. The zero-order valence-electron chi connectivity index (χ0n) is 48.8. The summed E-state index contributed by atoms with van der Waals surface area (Å²) in [5.41, 5.74) is 20.2. The summed E-state index contributed by atoms with van der Waals surface area (Å²) >= 11 is 0. The molecule has 2 nitrogen and oxygen atoms in total. The van der Waals surface area contributed by atoms with Crippen LogP contribution < -0.4 is 0 Å². The van der Waals surface area contributed by atoms with E-state index < -0.39 is 0 Å². The average molecular weight is 1140 g/mol. The Kier molecular flexibility index (Phi) is 11.1. The predicted octanol–water partition coefficient (Wildman–Crippen LogP) is 25.2. The molecule has 0 fully saturated rings. The van der Waals surface area contributed by atoms with Crippen molar-refractivity contribution in [1.29, 1.82) is 0 Å². The minimum atomic E-state index is 0.864. The van der Waals surface area contributed by atoms with Crippen molar-refractivity contribution in [2.24, 2.45) is 0 Å². The molecule has 0 aliphatic rings. The second kappa shape index (κ2) is 19.8. The zero-order valence-corrected chi connectivity index (χ0v) is 48.8. The van der Waals surface area contributed by atoms with Crippen LogP contribution in [-0.2, 0) is 0 Å². The minimum Gasteiger partial charge on any atom is -0.456 e. The number of furan rings is 2. The van der Waals surface area contributed by atoms with Crippen LogP contribution in [0.1, 0.15) is 0 Å². The van der Waals surface area contributed by atoms with E-state index in [1.54, 1.807) is 0 Å². The lowest BCUT2D eigenvalue weighted by Crippen LogP contribution is -1.91. The first kappa shape index (κ1) is 50.3. The molecular weight excluding hydrogens is 1090 g/mol. The van der Waals surface area contributed by atoms with Gasteiger partial charge in [-0.2, -0.15) is 0 Å². The highest BCUT2D eigenvalue weighted by molar-refractivity contribution is 6.26. The van der Waals surface area contributed by atoms with Crippen LogP contribution in [0.2, 0.25) is 0 Å². The highest BCUT2D eigenvalue weighted by atomic mass is 16.3. The molecule has 2 aromatic heterocycles. The van der Waals surface area contributed by atoms with Crippen LogP contribution in [0.4, 0.5) is 0 Å². The monoisotopic (exact) mass is 1140 g/mol. The van der Waals surface area contributed by atoms with Gasteiger partial charge in [-0.15, -0.1) is 0 Å². The largest absolute Gasteiger partial charge is 0.456 e. The molecule has 0 saturated carbocycles. The minimum absolute atomic E-state index is 0.864. The maximum Gasteiger partial charge on any atom is 0.143 e. The van der Waals surface area contributed by atoms with Gasteiger partial charge in [-0.25, -0.2) is 0 Å². The standard InChI is InChI=1S/C88H52O2/c1-2-19-53(20-3-1)56-24-16-25-60(47-56)84-72-31-12-14-33-74(72)86(75-34-15-13-32-73(75)84)62-44-46-81-78(51-62)79-49-59-23-6-7-26-64(59)87(88(79)90-81)67-38-18-36-65-63(35-17-37-66(65)67)54-39-41-55(42-40-54)83-68-27-8-10-29-70(68)85(71-30-11-9-28-69(71)83)61-43-45-80-76(50-61)77-48-57-21-4-5-22-58(57)52-82(77)89-80/h1-52H. The summed E-state index contributed by atoms with van der Waals surface area (Å²) in [5.74, 6) is 0. The molecule has 416 valence electrons. The fourth-order valence-corrected chi connectivity index (χ4v) is 15.2. The molecule has 19 rings (SSSR count). The second-order valence-electron chi connectivity index (χ2n) is 24.1. The molecule has 0 radical (unpaired) electrons. The van der Waals surface area contributed by atoms with Crippen LogP contribution in [0.25, 0.3) is 197 Å². The number of hydrogen-bond donors (Lipinski definition) is 0. The van der Waals surface area contributed by atoms with Crippen molar-refractivity contribution in [2.75, 3.05) is 0 Å². The summed E-state index contributed by atoms with van der Waals surface area (Å²) in [4.78, 5) is 0. The van der Waals surface area contributed by atoms with E-state index in [0.29, 0.717) is 0 Å². The molecule has 0 atom stereocenters. The van der Waals surface area contributed by atoms with Crippen molar-refractivity contribution >= 4 is 119 Å². The molecule has 90 heavy (non-hydrogen) atoms. The molecule has 0 bridgehead atoms. The summed E-state index contributed by atoms with van der Waals surface area (Å²) in [6, 6.07) is 116. The van der Waals surface area contributed by atoms with E-state index in [1.807, 2.05) is 0 Å². The molecule has 0 aliphatic carbocycles. The van der Waals surface area contributed by atoms with Gasteiger partial charge in [0.15, 0.2) is 0 Å². The zero-order chi connectivity index (χ0) is 59.0. The number of rotatable bonds is 7. The third-order valence-electron chi connectivity index (χ3n) is 19.2. The second-order valence-corrected chi connectivity index (χ2v) is 24.1. The predicted molar refractivity (Wildman–Crippen MR) is 382 cm³/mol. The Morgan fingerprint density at radius 2 is 0.533 bits per heavy atom. The van der Waals surface area contributed by atoms with Gasteiger partial charge >= 0.3 is 0 Å². The van der Waals surface area contributed by atoms with Gasteiger partial charge < -0.3 is 8.83 Å². The van der Waals surface area contributed by atoms with E-state index in [-0.39, 0.29) is 0 Å². The number of fused-ring (bicyclic) bond motifs is 13. The lowest BCUT2D eigenvalue weighted by molar-refractivity contribution is 0.669. The van der Waals surface area contributed by atoms with Gasteiger partial charge in [0.1, 0.15) is 22.3 Å². The normalized spacial score (nSPS) is 12.0. The summed E-state index contributed by atoms with van der Waals surface area (Å²) in [5, 5.41) is 21.3. The van der Waals surface area contributed by atoms with Crippen molar-refractivity contribution in [3.63, 3.8) is 0 Å². The van der Waals surface area contributed by atoms with Crippen LogP contribution in [0.15, 0.2) is 324 Å². The van der Waals surface area contributed by atoms with Gasteiger partial charge in [0.05, 0.1) is 0 Å². The number of hydrogen-bond acceptors (Lipinski definition) is 2. The van der Waals surface area contributed by atoms with Crippen molar-refractivity contribution in [3.05, 3.63) is 315 Å². The van der Waals surface area contributed by atoms with E-state index in [4.69, 9.17) is 8.83 Å². The molecule has 0 saturated heterocycles. The Bertz CT molecular complexity index is 6090. The van der Waals surface area contributed by atoms with Crippen LogP contribution in [0, 0.1) is 0 Å². The van der Waals surface area contributed by atoms with Crippen LogP contribution in [-0.4, -0.2) is 0 Å². The maximum atomic E-state index is 7.19. The van der Waals surface area contributed by atoms with Gasteiger partial charge in [0.25, 0.3) is 0 Å². The third-order valence-corrected chi connectivity index (χ3v) is 19.2. The topological polar surface area (TPSA) is 26.3 Å². The van der Waals surface area contributed by atoms with Gasteiger partial charge in [-0.05, 0) is 196 Å². The summed E-state index contributed by atoms with van der Waals surface area (Å²) < 4.78 is 13.7. The fraction of sp³-hybridized carbons (Fsp3) is 0. The SMILES string of the molecule is c1ccc(-c2cccc(-c3c4ccccc4c(-c4ccc5oc6c(-c7cccc8c(-c9ccc(-c%10c%11ccccc%11c(-c%11ccc%12oc%13cc%14ccccc%14cc%13c%12c%11)c%11ccccc%10%11)cc9)cccc78)c7ccccc7cc6c5c4)c4ccccc34)c2)cc1. The van der Waals surface area contributed by atoms with E-state index in [9.17, 15) is 0 Å². The van der Waals surface area contributed by atoms with Gasteiger partial charge in [0, 0.05) is 27.1 Å². The smallest absolute Gasteiger partial charge is 0.143 e. The van der Waals surface area contributed by atoms with Gasteiger partial charge in [-0.3, -0.25) is 0 Å². The highest BCUT2D eigenvalue weighted by Crippen LogP contribution is 2.50. The molecule has 0 unspecified atom stereocenters. The summed E-state index contributed by atoms with van der Waals surface area (Å²) in [7, 11) is 0. The number of benzene rings is 17. The Morgan fingerprint density at radius 3 is 1.12 bits per heavy atom. The van der Waals surface area contributed by atoms with Gasteiger partial charge in [0.2, 0.25) is 0 Å². The molecule has 0 aliphatic heterocycles. The van der Waals surface area contributed by atoms with Crippen molar-refractivity contribution in [1.82, 2.24) is 0 Å². The Balaban J connectivity index is 0.727. The summed E-state index contributed by atoms with van der Waals surface area (Å²) in [6.45, 7) is 0. The summed E-state index contributed by atoms with van der Waals surface area (Å²) in [6.07, 6.45) is 0. The molecule has 19 aromatic rings. The Hall–Kier alpha value is -11.8. The lowest BCUT2D eigenvalue weighted by Gasteiger charge is -2.18. The first-order valence-corrected chi connectivity index (χ1v) is 31.0. The Morgan fingerprint density at radius 1 is 0.156 bits per heavy atom. The van der Waals surface area contributed by atoms with E-state index in [1.165, 1.54) is 126 Å². The van der Waals surface area contributed by atoms with E-state index >= 15 is 0 Å². The van der Waals surface area contributed by atoms with Crippen LogP contribution in [0.5, 0.6) is 0 Å². The first-order valence-electron chi connectivity index (χ1n) is 31.0. The quantitative estimate of drug-likeness (QED) is 0.149. The lowest BCUT2D eigenvalue weighted by atomic mass is 9.85. The molecule has 2 heterocycles. The molecule has 0 amide bonds. The molecular formula is C88H52O2. The third kappa shape index (κ3) is 7.71. The van der Waals surface area contributed by atoms with Gasteiger partial charge in [-0.1, -0.05) is 267 Å². The maximum absolute atomic E-state index is 7.19. The van der Waals surface area contributed by atoms with Crippen LogP contribution in [0.3, 0.4) is 0 Å². The molecule has 17 aromatic carbocycles. The van der Waals surface area contributed by atoms with Crippen LogP contribution >= 0.6 is 0 Å². The van der Waals surface area contributed by atoms with E-state index in [0.717, 1.165) is 71.5 Å². The van der Waals surface area contributed by atoms with Crippen molar-refractivity contribution in [2.45, 2.75) is 0 Å². The first-order chi connectivity index (χ1) is 44.6. The Labute approximate surface area is 518 Å². The highest BCUT2D eigenvalue weighted by Gasteiger charge is 2.24. The average Bonchev–Trinajstić information content (AvgIpc) is 1.24. The fourth-order valence-electron chi connectivity index (χ4n) is 15.2. The van der Waals surface area contributed by atoms with E-state index in [2.05, 4.69) is 315 Å².